The minimum atomic E-state index is -0.490. The molecule has 1 saturated carbocycles. The van der Waals surface area contributed by atoms with Crippen molar-refractivity contribution in [2.45, 2.75) is 37.8 Å². The standard InChI is InChI=1S/C22H23FN8/c23-18-12-27-22(29-15-5-3-14(24)4-6-15)30-21(18)19-13-26-20-10-16(7-9-31(19)20)28-17-2-1-8-25-11-17/h1-2,7-15,28H,3-6,24H2,(H,27,29,30)/t14-,15-. The van der Waals surface area contributed by atoms with E-state index >= 15 is 0 Å². The molecule has 0 bridgehead atoms. The number of halogens is 1. The van der Waals surface area contributed by atoms with E-state index in [1.165, 1.54) is 6.20 Å². The van der Waals surface area contributed by atoms with Crippen LogP contribution >= 0.6 is 0 Å². The molecule has 0 spiro atoms. The van der Waals surface area contributed by atoms with Gasteiger partial charge in [-0.1, -0.05) is 0 Å². The Morgan fingerprint density at radius 1 is 1.03 bits per heavy atom. The summed E-state index contributed by atoms with van der Waals surface area (Å²) in [5.41, 5.74) is 9.17. The number of hydrogen-bond donors (Lipinski definition) is 3. The molecular weight excluding hydrogens is 395 g/mol. The molecule has 0 saturated heterocycles. The van der Waals surface area contributed by atoms with Gasteiger partial charge in [-0.25, -0.2) is 19.3 Å². The first kappa shape index (κ1) is 19.4. The van der Waals surface area contributed by atoms with E-state index in [9.17, 15) is 4.39 Å². The molecule has 158 valence electrons. The van der Waals surface area contributed by atoms with Gasteiger partial charge in [0.25, 0.3) is 0 Å². The zero-order valence-electron chi connectivity index (χ0n) is 16.9. The van der Waals surface area contributed by atoms with Gasteiger partial charge in [-0.3, -0.25) is 9.38 Å². The molecular formula is C22H23FN8. The maximum Gasteiger partial charge on any atom is 0.223 e. The molecule has 9 heteroatoms. The number of rotatable bonds is 5. The number of nitrogens with one attached hydrogen (secondary N) is 2. The molecule has 1 aliphatic carbocycles. The molecule has 4 heterocycles. The Balaban J connectivity index is 1.41. The normalized spacial score (nSPS) is 18.8. The summed E-state index contributed by atoms with van der Waals surface area (Å²) >= 11 is 0. The van der Waals surface area contributed by atoms with Gasteiger partial charge in [0, 0.05) is 36.2 Å². The van der Waals surface area contributed by atoms with Crippen molar-refractivity contribution in [1.29, 1.82) is 0 Å². The second-order valence-electron chi connectivity index (χ2n) is 7.80. The van der Waals surface area contributed by atoms with Gasteiger partial charge in [0.15, 0.2) is 5.82 Å². The van der Waals surface area contributed by atoms with Crippen LogP contribution in [-0.2, 0) is 0 Å². The van der Waals surface area contributed by atoms with Crippen LogP contribution in [0.3, 0.4) is 0 Å². The SMILES string of the molecule is N[C@H]1CC[C@H](Nc2ncc(F)c(-c3cnc4cc(Nc5cccnc5)ccn34)n2)CC1. The summed E-state index contributed by atoms with van der Waals surface area (Å²) in [5, 5.41) is 6.61. The molecule has 0 aromatic carbocycles. The maximum absolute atomic E-state index is 14.6. The minimum absolute atomic E-state index is 0.213. The van der Waals surface area contributed by atoms with Crippen molar-refractivity contribution in [3.63, 3.8) is 0 Å². The first-order valence-electron chi connectivity index (χ1n) is 10.3. The highest BCUT2D eigenvalue weighted by molar-refractivity contribution is 5.67. The minimum Gasteiger partial charge on any atom is -0.354 e. The second kappa shape index (κ2) is 8.27. The number of fused-ring (bicyclic) bond motifs is 1. The fourth-order valence-corrected chi connectivity index (χ4v) is 3.90. The van der Waals surface area contributed by atoms with E-state index in [1.54, 1.807) is 18.6 Å². The van der Waals surface area contributed by atoms with Crippen LogP contribution in [0.1, 0.15) is 25.7 Å². The van der Waals surface area contributed by atoms with Gasteiger partial charge < -0.3 is 16.4 Å². The fourth-order valence-electron chi connectivity index (χ4n) is 3.90. The van der Waals surface area contributed by atoms with Gasteiger partial charge in [-0.05, 0) is 43.9 Å². The van der Waals surface area contributed by atoms with Crippen LogP contribution in [0.2, 0.25) is 0 Å². The van der Waals surface area contributed by atoms with Crippen molar-refractivity contribution < 1.29 is 4.39 Å². The average molecular weight is 418 g/mol. The Morgan fingerprint density at radius 3 is 2.71 bits per heavy atom. The van der Waals surface area contributed by atoms with Crippen molar-refractivity contribution in [3.05, 3.63) is 61.1 Å². The van der Waals surface area contributed by atoms with E-state index in [0.29, 0.717) is 17.3 Å². The second-order valence-corrected chi connectivity index (χ2v) is 7.80. The first-order chi connectivity index (χ1) is 15.2. The van der Waals surface area contributed by atoms with Gasteiger partial charge in [0.1, 0.15) is 11.3 Å². The predicted octanol–water partition coefficient (Wildman–Crippen LogP) is 3.75. The van der Waals surface area contributed by atoms with Crippen LogP contribution < -0.4 is 16.4 Å². The van der Waals surface area contributed by atoms with Crippen molar-refractivity contribution in [2.24, 2.45) is 5.73 Å². The third-order valence-electron chi connectivity index (χ3n) is 5.56. The molecule has 1 aliphatic rings. The largest absolute Gasteiger partial charge is 0.354 e. The lowest BCUT2D eigenvalue weighted by molar-refractivity contribution is 0.409. The van der Waals surface area contributed by atoms with Crippen LogP contribution in [0.4, 0.5) is 21.7 Å². The molecule has 8 nitrogen and oxygen atoms in total. The molecule has 31 heavy (non-hydrogen) atoms. The van der Waals surface area contributed by atoms with Crippen LogP contribution in [0.15, 0.2) is 55.2 Å². The van der Waals surface area contributed by atoms with Crippen molar-refractivity contribution in [2.75, 3.05) is 10.6 Å². The predicted molar refractivity (Wildman–Crippen MR) is 118 cm³/mol. The molecule has 5 rings (SSSR count). The van der Waals surface area contributed by atoms with E-state index in [0.717, 1.165) is 37.1 Å². The zero-order valence-corrected chi connectivity index (χ0v) is 16.9. The number of hydrogen-bond acceptors (Lipinski definition) is 7. The summed E-state index contributed by atoms with van der Waals surface area (Å²) in [5.74, 6) is -0.0720. The van der Waals surface area contributed by atoms with E-state index in [-0.39, 0.29) is 17.8 Å². The highest BCUT2D eigenvalue weighted by Gasteiger charge is 2.20. The summed E-state index contributed by atoms with van der Waals surface area (Å²) in [6.45, 7) is 0. The number of nitrogens with two attached hydrogens (primary N) is 1. The summed E-state index contributed by atoms with van der Waals surface area (Å²) in [6.07, 6.45) is 12.0. The summed E-state index contributed by atoms with van der Waals surface area (Å²) in [4.78, 5) is 17.1. The average Bonchev–Trinajstić information content (AvgIpc) is 3.20. The van der Waals surface area contributed by atoms with Crippen LogP contribution in [0.25, 0.3) is 17.0 Å². The third-order valence-corrected chi connectivity index (χ3v) is 5.56. The molecule has 0 amide bonds. The van der Waals surface area contributed by atoms with Gasteiger partial charge in [0.05, 0.1) is 30.0 Å². The Labute approximate surface area is 178 Å². The number of aromatic nitrogens is 5. The van der Waals surface area contributed by atoms with E-state index in [2.05, 4.69) is 30.6 Å². The van der Waals surface area contributed by atoms with Gasteiger partial charge in [0.2, 0.25) is 5.95 Å². The lowest BCUT2D eigenvalue weighted by Gasteiger charge is -2.26. The van der Waals surface area contributed by atoms with Crippen molar-refractivity contribution in [3.8, 4) is 11.4 Å². The summed E-state index contributed by atoms with van der Waals surface area (Å²) in [6, 6.07) is 8.09. The highest BCUT2D eigenvalue weighted by atomic mass is 19.1. The Bertz CT molecular complexity index is 1180. The van der Waals surface area contributed by atoms with Crippen LogP contribution in [0, 0.1) is 5.82 Å². The number of anilines is 3. The highest BCUT2D eigenvalue weighted by Crippen LogP contribution is 2.26. The zero-order chi connectivity index (χ0) is 21.2. The van der Waals surface area contributed by atoms with Crippen molar-refractivity contribution in [1.82, 2.24) is 24.3 Å². The van der Waals surface area contributed by atoms with E-state index in [4.69, 9.17) is 5.73 Å². The molecule has 0 unspecified atom stereocenters. The molecule has 0 radical (unpaired) electrons. The lowest BCUT2D eigenvalue weighted by Crippen LogP contribution is -2.33. The Hall–Kier alpha value is -3.59. The van der Waals surface area contributed by atoms with Crippen LogP contribution in [-0.4, -0.2) is 36.4 Å². The molecule has 0 atom stereocenters. The Morgan fingerprint density at radius 2 is 1.90 bits per heavy atom. The number of imidazole rings is 1. The van der Waals surface area contributed by atoms with Gasteiger partial charge >= 0.3 is 0 Å². The monoisotopic (exact) mass is 418 g/mol. The van der Waals surface area contributed by atoms with E-state index < -0.39 is 5.82 Å². The molecule has 4 N–H and O–H groups in total. The Kier molecular flexibility index (Phi) is 5.17. The molecule has 4 aromatic rings. The topological polar surface area (TPSA) is 106 Å². The van der Waals surface area contributed by atoms with Gasteiger partial charge in [-0.15, -0.1) is 0 Å². The summed E-state index contributed by atoms with van der Waals surface area (Å²) in [7, 11) is 0. The molecule has 4 aromatic heterocycles. The molecule has 1 fully saturated rings. The fraction of sp³-hybridized carbons (Fsp3) is 0.273. The summed E-state index contributed by atoms with van der Waals surface area (Å²) < 4.78 is 16.4. The molecule has 0 aliphatic heterocycles. The van der Waals surface area contributed by atoms with Crippen molar-refractivity contribution >= 4 is 23.0 Å². The third kappa shape index (κ3) is 4.17. The lowest BCUT2D eigenvalue weighted by atomic mass is 9.92. The maximum atomic E-state index is 14.6. The number of nitrogens with zero attached hydrogens (tertiary/aromatic N) is 5. The first-order valence-corrected chi connectivity index (χ1v) is 10.3. The van der Waals surface area contributed by atoms with Gasteiger partial charge in [-0.2, -0.15) is 0 Å². The smallest absolute Gasteiger partial charge is 0.223 e. The number of pyridine rings is 2. The quantitative estimate of drug-likeness (QED) is 0.453. The van der Waals surface area contributed by atoms with E-state index in [1.807, 2.05) is 34.9 Å². The van der Waals surface area contributed by atoms with Crippen LogP contribution in [0.5, 0.6) is 0 Å².